The summed E-state index contributed by atoms with van der Waals surface area (Å²) in [6, 6.07) is 24.3. The number of aromatic nitrogens is 1. The summed E-state index contributed by atoms with van der Waals surface area (Å²) in [5, 5.41) is 2.92. The molecule has 0 aliphatic heterocycles. The van der Waals surface area contributed by atoms with Gasteiger partial charge in [-0.25, -0.2) is 4.98 Å². The fraction of sp³-hybridized carbons (Fsp3) is 0.217. The Morgan fingerprint density at radius 3 is 2.11 bits per heavy atom. The van der Waals surface area contributed by atoms with E-state index in [2.05, 4.69) is 41.2 Å². The highest BCUT2D eigenvalue weighted by Gasteiger charge is 2.13. The third kappa shape index (κ3) is 5.42. The number of pyridine rings is 1. The van der Waals surface area contributed by atoms with Crippen LogP contribution < -0.4 is 10.2 Å². The van der Waals surface area contributed by atoms with Crippen LogP contribution in [0.4, 0.5) is 11.5 Å². The minimum absolute atomic E-state index is 0.0410. The van der Waals surface area contributed by atoms with Crippen LogP contribution in [0.15, 0.2) is 79.0 Å². The van der Waals surface area contributed by atoms with E-state index < -0.39 is 0 Å². The average Bonchev–Trinajstić information content (AvgIpc) is 2.68. The first-order valence-corrected chi connectivity index (χ1v) is 9.22. The summed E-state index contributed by atoms with van der Waals surface area (Å²) in [6.07, 6.45) is 2.08. The molecule has 1 aromatic heterocycles. The van der Waals surface area contributed by atoms with Gasteiger partial charge < -0.3 is 10.2 Å². The van der Waals surface area contributed by atoms with Crippen LogP contribution in [0.25, 0.3) is 0 Å². The number of carbonyl (C=O) groups excluding carboxylic acids is 1. The van der Waals surface area contributed by atoms with Crippen LogP contribution in [0, 0.1) is 0 Å². The molecular weight excluding hydrogens is 334 g/mol. The highest BCUT2D eigenvalue weighted by atomic mass is 16.1. The largest absolute Gasteiger partial charge is 0.350 e. The third-order valence-electron chi connectivity index (χ3n) is 4.35. The summed E-state index contributed by atoms with van der Waals surface area (Å²) in [6.45, 7) is 5.10. The zero-order chi connectivity index (χ0) is 19.1. The quantitative estimate of drug-likeness (QED) is 0.666. The van der Waals surface area contributed by atoms with E-state index >= 15 is 0 Å². The van der Waals surface area contributed by atoms with Crippen LogP contribution in [0.1, 0.15) is 25.0 Å². The number of amides is 1. The number of nitrogens with one attached hydrogen (secondary N) is 1. The lowest BCUT2D eigenvalue weighted by Crippen LogP contribution is -2.30. The molecule has 4 nitrogen and oxygen atoms in total. The topological polar surface area (TPSA) is 45.2 Å². The van der Waals surface area contributed by atoms with Gasteiger partial charge in [-0.15, -0.1) is 0 Å². The van der Waals surface area contributed by atoms with Crippen LogP contribution in [0.3, 0.4) is 0 Å². The fourth-order valence-corrected chi connectivity index (χ4v) is 2.92. The molecule has 0 spiro atoms. The summed E-state index contributed by atoms with van der Waals surface area (Å²) >= 11 is 0. The van der Waals surface area contributed by atoms with Gasteiger partial charge in [0.2, 0.25) is 5.91 Å². The number of hydrogen-bond donors (Lipinski definition) is 1. The molecule has 0 bridgehead atoms. The molecule has 0 fully saturated rings. The smallest absolute Gasteiger partial charge is 0.228 e. The van der Waals surface area contributed by atoms with Crippen molar-refractivity contribution in [3.63, 3.8) is 0 Å². The highest BCUT2D eigenvalue weighted by Crippen LogP contribution is 2.19. The first-order chi connectivity index (χ1) is 13.1. The van der Waals surface area contributed by atoms with E-state index in [9.17, 15) is 4.79 Å². The molecule has 0 saturated carbocycles. The van der Waals surface area contributed by atoms with Crippen molar-refractivity contribution in [3.05, 3.63) is 90.1 Å². The standard InChI is InChI=1S/C23H25N3O/c1-18(2)26(17-20-11-7-4-8-12-20)22-14-13-21(16-24-22)25-23(27)15-19-9-5-3-6-10-19/h3-14,16,18H,15,17H2,1-2H3,(H,25,27). The molecule has 0 atom stereocenters. The normalized spacial score (nSPS) is 10.6. The van der Waals surface area contributed by atoms with Gasteiger partial charge in [0.05, 0.1) is 18.3 Å². The summed E-state index contributed by atoms with van der Waals surface area (Å²) in [5.41, 5.74) is 2.95. The Morgan fingerprint density at radius 1 is 0.926 bits per heavy atom. The van der Waals surface area contributed by atoms with Crippen molar-refractivity contribution >= 4 is 17.4 Å². The minimum atomic E-state index is -0.0410. The summed E-state index contributed by atoms with van der Waals surface area (Å²) < 4.78 is 0. The molecule has 3 aromatic rings. The van der Waals surface area contributed by atoms with Crippen molar-refractivity contribution in [1.29, 1.82) is 0 Å². The van der Waals surface area contributed by atoms with Crippen LogP contribution in [-0.2, 0) is 17.8 Å². The van der Waals surface area contributed by atoms with Gasteiger partial charge in [-0.1, -0.05) is 60.7 Å². The second-order valence-electron chi connectivity index (χ2n) is 6.82. The summed E-state index contributed by atoms with van der Waals surface area (Å²) in [5.74, 6) is 0.857. The number of rotatable bonds is 7. The van der Waals surface area contributed by atoms with Crippen LogP contribution >= 0.6 is 0 Å². The van der Waals surface area contributed by atoms with Gasteiger partial charge in [0.15, 0.2) is 0 Å². The molecule has 1 heterocycles. The molecule has 0 saturated heterocycles. The van der Waals surface area contributed by atoms with Crippen LogP contribution in [0.5, 0.6) is 0 Å². The molecular formula is C23H25N3O. The van der Waals surface area contributed by atoms with Crippen molar-refractivity contribution < 1.29 is 4.79 Å². The van der Waals surface area contributed by atoms with Gasteiger partial charge in [-0.3, -0.25) is 4.79 Å². The number of benzene rings is 2. The van der Waals surface area contributed by atoms with Crippen molar-refractivity contribution in [2.75, 3.05) is 10.2 Å². The molecule has 0 unspecified atom stereocenters. The SMILES string of the molecule is CC(C)N(Cc1ccccc1)c1ccc(NC(=O)Cc2ccccc2)cn1. The zero-order valence-corrected chi connectivity index (χ0v) is 15.8. The Hall–Kier alpha value is -3.14. The molecule has 0 radical (unpaired) electrons. The second kappa shape index (κ2) is 8.99. The van der Waals surface area contributed by atoms with Crippen molar-refractivity contribution in [2.24, 2.45) is 0 Å². The maximum atomic E-state index is 12.2. The van der Waals surface area contributed by atoms with Crippen molar-refractivity contribution in [1.82, 2.24) is 4.98 Å². The third-order valence-corrected chi connectivity index (χ3v) is 4.35. The maximum absolute atomic E-state index is 12.2. The number of hydrogen-bond acceptors (Lipinski definition) is 3. The van der Waals surface area contributed by atoms with E-state index in [1.54, 1.807) is 6.20 Å². The van der Waals surface area contributed by atoms with Crippen LogP contribution in [-0.4, -0.2) is 16.9 Å². The van der Waals surface area contributed by atoms with E-state index in [-0.39, 0.29) is 5.91 Å². The lowest BCUT2D eigenvalue weighted by Gasteiger charge is -2.28. The summed E-state index contributed by atoms with van der Waals surface area (Å²) in [4.78, 5) is 19.0. The monoisotopic (exact) mass is 359 g/mol. The van der Waals surface area contributed by atoms with Crippen molar-refractivity contribution in [2.45, 2.75) is 32.9 Å². The lowest BCUT2D eigenvalue weighted by molar-refractivity contribution is -0.115. The van der Waals surface area contributed by atoms with E-state index in [0.29, 0.717) is 18.2 Å². The Morgan fingerprint density at radius 2 is 1.56 bits per heavy atom. The Balaban J connectivity index is 1.65. The first kappa shape index (κ1) is 18.6. The number of carbonyl (C=O) groups is 1. The fourth-order valence-electron chi connectivity index (χ4n) is 2.92. The van der Waals surface area contributed by atoms with Gasteiger partial charge in [0.25, 0.3) is 0 Å². The molecule has 2 aromatic carbocycles. The van der Waals surface area contributed by atoms with Crippen LogP contribution in [0.2, 0.25) is 0 Å². The lowest BCUT2D eigenvalue weighted by atomic mass is 10.1. The van der Waals surface area contributed by atoms with Gasteiger partial charge in [0.1, 0.15) is 5.82 Å². The molecule has 4 heteroatoms. The van der Waals surface area contributed by atoms with Gasteiger partial charge >= 0.3 is 0 Å². The Labute approximate surface area is 160 Å². The first-order valence-electron chi connectivity index (χ1n) is 9.22. The molecule has 0 aliphatic rings. The van der Waals surface area contributed by atoms with E-state index in [4.69, 9.17) is 0 Å². The number of nitrogens with zero attached hydrogens (tertiary/aromatic N) is 2. The van der Waals surface area contributed by atoms with E-state index in [1.165, 1.54) is 5.56 Å². The molecule has 138 valence electrons. The van der Waals surface area contributed by atoms with E-state index in [0.717, 1.165) is 17.9 Å². The number of anilines is 2. The van der Waals surface area contributed by atoms with Gasteiger partial charge in [-0.2, -0.15) is 0 Å². The molecule has 3 rings (SSSR count). The van der Waals surface area contributed by atoms with Crippen molar-refractivity contribution in [3.8, 4) is 0 Å². The van der Waals surface area contributed by atoms with Gasteiger partial charge in [0, 0.05) is 12.6 Å². The van der Waals surface area contributed by atoms with Gasteiger partial charge in [-0.05, 0) is 37.1 Å². The minimum Gasteiger partial charge on any atom is -0.350 e. The molecule has 1 amide bonds. The van der Waals surface area contributed by atoms with E-state index in [1.807, 2.05) is 60.7 Å². The highest BCUT2D eigenvalue weighted by molar-refractivity contribution is 5.92. The Kier molecular flexibility index (Phi) is 6.21. The molecule has 1 N–H and O–H groups in total. The maximum Gasteiger partial charge on any atom is 0.228 e. The predicted molar refractivity (Wildman–Crippen MR) is 111 cm³/mol. The predicted octanol–water partition coefficient (Wildman–Crippen LogP) is 4.68. The Bertz CT molecular complexity index is 846. The average molecular weight is 359 g/mol. The second-order valence-corrected chi connectivity index (χ2v) is 6.82. The molecule has 27 heavy (non-hydrogen) atoms. The molecule has 0 aliphatic carbocycles. The summed E-state index contributed by atoms with van der Waals surface area (Å²) in [7, 11) is 0. The zero-order valence-electron chi connectivity index (χ0n) is 15.8.